The van der Waals surface area contributed by atoms with Gasteiger partial charge in [-0.05, 0) is 17.5 Å². The van der Waals surface area contributed by atoms with Crippen LogP contribution < -0.4 is 5.32 Å². The molecular formula is C17H18ClNO4S. The fourth-order valence-electron chi connectivity index (χ4n) is 2.22. The van der Waals surface area contributed by atoms with Gasteiger partial charge in [-0.2, -0.15) is 0 Å². The molecule has 2 aromatic rings. The van der Waals surface area contributed by atoms with E-state index in [9.17, 15) is 13.2 Å². The molecule has 0 aromatic heterocycles. The van der Waals surface area contributed by atoms with Crippen molar-refractivity contribution in [3.63, 3.8) is 0 Å². The van der Waals surface area contributed by atoms with Gasteiger partial charge in [0.05, 0.1) is 11.8 Å². The van der Waals surface area contributed by atoms with E-state index in [1.54, 1.807) is 0 Å². The van der Waals surface area contributed by atoms with Crippen LogP contribution in [0.2, 0.25) is 0 Å². The summed E-state index contributed by atoms with van der Waals surface area (Å²) >= 11 is 0. The van der Waals surface area contributed by atoms with E-state index in [1.807, 2.05) is 60.7 Å². The van der Waals surface area contributed by atoms with E-state index >= 15 is 0 Å². The maximum Gasteiger partial charge on any atom is 0.407 e. The van der Waals surface area contributed by atoms with Crippen LogP contribution >= 0.6 is 10.7 Å². The predicted molar refractivity (Wildman–Crippen MR) is 93.3 cm³/mol. The third-order valence-corrected chi connectivity index (χ3v) is 4.44. The van der Waals surface area contributed by atoms with E-state index in [-0.39, 0.29) is 12.4 Å². The van der Waals surface area contributed by atoms with Gasteiger partial charge < -0.3 is 10.1 Å². The molecule has 128 valence electrons. The third-order valence-electron chi connectivity index (χ3n) is 3.26. The van der Waals surface area contributed by atoms with Gasteiger partial charge in [0, 0.05) is 10.7 Å². The number of halogens is 1. The van der Waals surface area contributed by atoms with E-state index in [0.717, 1.165) is 11.1 Å². The first-order valence-corrected chi connectivity index (χ1v) is 9.84. The maximum atomic E-state index is 11.9. The second-order valence-corrected chi connectivity index (χ2v) is 8.12. The average Bonchev–Trinajstić information content (AvgIpc) is 2.53. The molecule has 0 aliphatic heterocycles. The van der Waals surface area contributed by atoms with Crippen LogP contribution in [0, 0.1) is 0 Å². The summed E-state index contributed by atoms with van der Waals surface area (Å²) in [5.74, 6) is -0.371. The minimum absolute atomic E-state index is 0.109. The average molecular weight is 368 g/mol. The van der Waals surface area contributed by atoms with Crippen molar-refractivity contribution in [1.29, 1.82) is 0 Å². The number of alkyl carbamates (subject to hydrolysis) is 1. The van der Waals surface area contributed by atoms with Crippen LogP contribution in [0.1, 0.15) is 11.1 Å². The van der Waals surface area contributed by atoms with Crippen LogP contribution in [0.25, 0.3) is 0 Å². The van der Waals surface area contributed by atoms with Crippen molar-refractivity contribution in [2.75, 3.05) is 5.75 Å². The number of nitrogens with one attached hydrogen (secondary N) is 1. The summed E-state index contributed by atoms with van der Waals surface area (Å²) in [6.45, 7) is 0.109. The van der Waals surface area contributed by atoms with E-state index in [0.29, 0.717) is 6.42 Å². The molecule has 1 amide bonds. The van der Waals surface area contributed by atoms with Gasteiger partial charge in [-0.25, -0.2) is 13.2 Å². The molecule has 0 aliphatic carbocycles. The number of benzene rings is 2. The van der Waals surface area contributed by atoms with Crippen LogP contribution in [-0.4, -0.2) is 26.3 Å². The molecule has 2 rings (SSSR count). The van der Waals surface area contributed by atoms with E-state index < -0.39 is 21.2 Å². The molecule has 0 heterocycles. The lowest BCUT2D eigenvalue weighted by atomic mass is 10.1. The zero-order chi connectivity index (χ0) is 17.4. The lowest BCUT2D eigenvalue weighted by Crippen LogP contribution is -2.40. The minimum Gasteiger partial charge on any atom is -0.445 e. The van der Waals surface area contributed by atoms with Gasteiger partial charge >= 0.3 is 6.09 Å². The quantitative estimate of drug-likeness (QED) is 0.763. The van der Waals surface area contributed by atoms with Crippen LogP contribution in [0.15, 0.2) is 60.7 Å². The molecule has 0 bridgehead atoms. The summed E-state index contributed by atoms with van der Waals surface area (Å²) in [6, 6.07) is 17.8. The highest BCUT2D eigenvalue weighted by atomic mass is 35.7. The van der Waals surface area contributed by atoms with Crippen LogP contribution in [0.5, 0.6) is 0 Å². The second kappa shape index (κ2) is 8.70. The van der Waals surface area contributed by atoms with Gasteiger partial charge in [0.2, 0.25) is 9.05 Å². The van der Waals surface area contributed by atoms with Crippen molar-refractivity contribution in [1.82, 2.24) is 5.32 Å². The topological polar surface area (TPSA) is 72.5 Å². The Hall–Kier alpha value is -2.05. The number of hydrogen-bond acceptors (Lipinski definition) is 4. The number of amides is 1. The maximum absolute atomic E-state index is 11.9. The summed E-state index contributed by atoms with van der Waals surface area (Å²) in [5.41, 5.74) is 1.74. The first-order valence-electron chi connectivity index (χ1n) is 7.36. The Balaban J connectivity index is 1.95. The molecule has 0 radical (unpaired) electrons. The van der Waals surface area contributed by atoms with E-state index in [1.165, 1.54) is 0 Å². The molecule has 0 spiro atoms. The van der Waals surface area contributed by atoms with Gasteiger partial charge in [-0.3, -0.25) is 0 Å². The fourth-order valence-corrected chi connectivity index (χ4v) is 3.36. The molecule has 0 saturated carbocycles. The SMILES string of the molecule is O=C(NC(Cc1ccccc1)CS(=O)(=O)Cl)OCc1ccccc1. The number of ether oxygens (including phenoxy) is 1. The lowest BCUT2D eigenvalue weighted by Gasteiger charge is -2.17. The van der Waals surface area contributed by atoms with Gasteiger partial charge in [0.1, 0.15) is 6.61 Å². The fraction of sp³-hybridized carbons (Fsp3) is 0.235. The van der Waals surface area contributed by atoms with Crippen LogP contribution in [0.4, 0.5) is 4.79 Å². The van der Waals surface area contributed by atoms with Gasteiger partial charge in [0.15, 0.2) is 0 Å². The molecule has 0 fully saturated rings. The summed E-state index contributed by atoms with van der Waals surface area (Å²) in [5, 5.41) is 2.57. The standard InChI is InChI=1S/C17H18ClNO4S/c18-24(21,22)13-16(11-14-7-3-1-4-8-14)19-17(20)23-12-15-9-5-2-6-10-15/h1-10,16H,11-13H2,(H,19,20). The number of carbonyl (C=O) groups excluding carboxylic acids is 1. The molecule has 0 aliphatic rings. The molecule has 0 saturated heterocycles. The highest BCUT2D eigenvalue weighted by Gasteiger charge is 2.20. The van der Waals surface area contributed by atoms with Crippen molar-refractivity contribution in [2.45, 2.75) is 19.1 Å². The Kier molecular flexibility index (Phi) is 6.63. The highest BCUT2D eigenvalue weighted by molar-refractivity contribution is 8.13. The normalized spacial score (nSPS) is 12.4. The number of rotatable bonds is 7. The van der Waals surface area contributed by atoms with Gasteiger partial charge in [0.25, 0.3) is 0 Å². The molecule has 1 atom stereocenters. The van der Waals surface area contributed by atoms with Gasteiger partial charge in [-0.15, -0.1) is 0 Å². The molecule has 2 aromatic carbocycles. The Morgan fingerprint density at radius 2 is 1.54 bits per heavy atom. The summed E-state index contributed by atoms with van der Waals surface area (Å²) in [4.78, 5) is 11.9. The van der Waals surface area contributed by atoms with E-state index in [4.69, 9.17) is 15.4 Å². The van der Waals surface area contributed by atoms with Crippen LogP contribution in [-0.2, 0) is 26.8 Å². The summed E-state index contributed by atoms with van der Waals surface area (Å²) in [6.07, 6.45) is -0.340. The number of carbonyl (C=O) groups is 1. The summed E-state index contributed by atoms with van der Waals surface area (Å²) < 4.78 is 27.9. The van der Waals surface area contributed by atoms with Crippen molar-refractivity contribution in [3.05, 3.63) is 71.8 Å². The third kappa shape index (κ3) is 7.02. The Morgan fingerprint density at radius 3 is 2.08 bits per heavy atom. The van der Waals surface area contributed by atoms with Crippen molar-refractivity contribution in [3.8, 4) is 0 Å². The Bertz CT molecular complexity index is 751. The van der Waals surface area contributed by atoms with Crippen molar-refractivity contribution < 1.29 is 17.9 Å². The molecule has 1 N–H and O–H groups in total. The monoisotopic (exact) mass is 367 g/mol. The first-order chi connectivity index (χ1) is 11.4. The van der Waals surface area contributed by atoms with Crippen molar-refractivity contribution in [2.24, 2.45) is 0 Å². The minimum atomic E-state index is -3.75. The van der Waals surface area contributed by atoms with Crippen LogP contribution in [0.3, 0.4) is 0 Å². The molecular weight excluding hydrogens is 350 g/mol. The first kappa shape index (κ1) is 18.3. The van der Waals surface area contributed by atoms with Crippen molar-refractivity contribution >= 4 is 25.8 Å². The largest absolute Gasteiger partial charge is 0.445 e. The zero-order valence-electron chi connectivity index (χ0n) is 12.9. The van der Waals surface area contributed by atoms with Gasteiger partial charge in [-0.1, -0.05) is 60.7 Å². The second-order valence-electron chi connectivity index (χ2n) is 5.30. The smallest absolute Gasteiger partial charge is 0.407 e. The van der Waals surface area contributed by atoms with E-state index in [2.05, 4.69) is 5.32 Å². The highest BCUT2D eigenvalue weighted by Crippen LogP contribution is 2.09. The number of hydrogen-bond donors (Lipinski definition) is 1. The Labute approximate surface area is 146 Å². The zero-order valence-corrected chi connectivity index (χ0v) is 14.5. The molecule has 1 unspecified atom stereocenters. The summed E-state index contributed by atoms with van der Waals surface area (Å²) in [7, 11) is 1.58. The molecule has 24 heavy (non-hydrogen) atoms. The molecule has 5 nitrogen and oxygen atoms in total. The molecule has 7 heteroatoms. The predicted octanol–water partition coefficient (Wildman–Crippen LogP) is 3.09. The lowest BCUT2D eigenvalue weighted by molar-refractivity contribution is 0.136. The Morgan fingerprint density at radius 1 is 1.00 bits per heavy atom.